The Morgan fingerprint density at radius 1 is 0.808 bits per heavy atom. The molecule has 0 fully saturated rings. The summed E-state index contributed by atoms with van der Waals surface area (Å²) in [5, 5.41) is 29.0. The summed E-state index contributed by atoms with van der Waals surface area (Å²) in [5.74, 6) is -3.83. The van der Waals surface area contributed by atoms with Gasteiger partial charge in [-0.3, -0.25) is 0 Å². The first kappa shape index (κ1) is 24.1. The molecule has 0 saturated heterocycles. The van der Waals surface area contributed by atoms with Crippen molar-refractivity contribution < 1.29 is 34.2 Å². The lowest BCUT2D eigenvalue weighted by atomic mass is 10.1. The number of hydrogen-bond acceptors (Lipinski definition) is 4. The maximum Gasteiger partial charge on any atom is 0.359 e. The molecule has 0 radical (unpaired) electrons. The first-order valence-electron chi connectivity index (χ1n) is 9.45. The van der Waals surface area contributed by atoms with Gasteiger partial charge in [-0.25, -0.2) is 9.59 Å². The van der Waals surface area contributed by atoms with Gasteiger partial charge in [0.05, 0.1) is 12.5 Å². The van der Waals surface area contributed by atoms with Gasteiger partial charge in [-0.1, -0.05) is 44.8 Å². The van der Waals surface area contributed by atoms with E-state index < -0.39 is 42.0 Å². The second kappa shape index (κ2) is 14.3. The highest BCUT2D eigenvalue weighted by molar-refractivity contribution is 5.72. The maximum atomic E-state index is 11.1. The molecule has 150 valence electrons. The Balaban J connectivity index is 4.19. The Hall–Kier alpha value is -1.89. The van der Waals surface area contributed by atoms with E-state index in [1.807, 2.05) is 0 Å². The zero-order chi connectivity index (χ0) is 19.8. The number of nitrogens with zero attached hydrogens (tertiary/aromatic N) is 1. The zero-order valence-electron chi connectivity index (χ0n) is 15.8. The van der Waals surface area contributed by atoms with E-state index in [0.717, 1.165) is 38.5 Å². The number of rotatable bonds is 17. The second-order valence-electron chi connectivity index (χ2n) is 6.84. The van der Waals surface area contributed by atoms with Gasteiger partial charge < -0.3 is 24.6 Å². The molecule has 0 aromatic rings. The second-order valence-corrected chi connectivity index (χ2v) is 6.84. The number of unbranched alkanes of at least 4 members (excludes halogenated alkanes) is 7. The fraction of sp³-hybridized carbons (Fsp3) is 0.737. The number of carbonyl (C=O) groups excluding carboxylic acids is 1. The third kappa shape index (κ3) is 13.4. The third-order valence-electron chi connectivity index (χ3n) is 4.31. The fourth-order valence-electron chi connectivity index (χ4n) is 3.13. The van der Waals surface area contributed by atoms with Crippen LogP contribution in [0.3, 0.4) is 0 Å². The van der Waals surface area contributed by atoms with E-state index in [0.29, 0.717) is 6.42 Å². The monoisotopic (exact) mass is 371 g/mol. The normalized spacial score (nSPS) is 11.7. The van der Waals surface area contributed by atoms with Gasteiger partial charge in [0.1, 0.15) is 6.54 Å². The fourth-order valence-corrected chi connectivity index (χ4v) is 3.13. The summed E-state index contributed by atoms with van der Waals surface area (Å²) in [5.41, 5.74) is 0. The van der Waals surface area contributed by atoms with Crippen LogP contribution < -0.4 is 5.11 Å². The smallest absolute Gasteiger partial charge is 0.359 e. The highest BCUT2D eigenvalue weighted by Crippen LogP contribution is 2.13. The zero-order valence-corrected chi connectivity index (χ0v) is 15.8. The van der Waals surface area contributed by atoms with Crippen LogP contribution in [0, 0.1) is 0 Å². The topological polar surface area (TPSA) is 115 Å². The Bertz CT molecular complexity index is 420. The van der Waals surface area contributed by atoms with Crippen LogP contribution in [0.1, 0.15) is 64.7 Å². The van der Waals surface area contributed by atoms with Crippen molar-refractivity contribution in [2.45, 2.75) is 64.7 Å². The van der Waals surface area contributed by atoms with Gasteiger partial charge >= 0.3 is 11.9 Å². The standard InChI is InChI=1S/C19H33NO6/c1-2-3-4-5-6-7-8-9-10-11-12-13-20(14-17(21)22,15-18(23)24)16-19(25)26/h3-4H,2,5-16H2,1H3,(H2-,21,22,23,24,25,26)/b4-3+. The Kier molecular flexibility index (Phi) is 13.3. The molecular formula is C19H33NO6. The summed E-state index contributed by atoms with van der Waals surface area (Å²) >= 11 is 0. The molecule has 7 nitrogen and oxygen atoms in total. The van der Waals surface area contributed by atoms with E-state index in [2.05, 4.69) is 19.1 Å². The predicted octanol–water partition coefficient (Wildman–Crippen LogP) is 1.81. The van der Waals surface area contributed by atoms with Crippen LogP contribution in [0.5, 0.6) is 0 Å². The molecule has 0 rings (SSSR count). The summed E-state index contributed by atoms with van der Waals surface area (Å²) in [6.07, 6.45) is 13.6. The van der Waals surface area contributed by atoms with Crippen LogP contribution in [0.25, 0.3) is 0 Å². The highest BCUT2D eigenvalue weighted by Gasteiger charge is 2.33. The van der Waals surface area contributed by atoms with Crippen molar-refractivity contribution in [1.29, 1.82) is 0 Å². The molecular weight excluding hydrogens is 338 g/mol. The van der Waals surface area contributed by atoms with Gasteiger partial charge in [0, 0.05) is 0 Å². The highest BCUT2D eigenvalue weighted by atomic mass is 16.4. The van der Waals surface area contributed by atoms with Crippen molar-refractivity contribution >= 4 is 17.9 Å². The van der Waals surface area contributed by atoms with Gasteiger partial charge in [-0.05, 0) is 32.1 Å². The SMILES string of the molecule is CC/C=C/CCCCCCCCC[N+](CC(=O)[O-])(CC(=O)O)CC(=O)O. The van der Waals surface area contributed by atoms with E-state index in [1.54, 1.807) is 0 Å². The summed E-state index contributed by atoms with van der Waals surface area (Å²) in [7, 11) is 0. The summed E-state index contributed by atoms with van der Waals surface area (Å²) in [6.45, 7) is 0.694. The van der Waals surface area contributed by atoms with Gasteiger partial charge in [-0.15, -0.1) is 0 Å². The largest absolute Gasteiger partial charge is 0.544 e. The molecule has 0 atom stereocenters. The van der Waals surface area contributed by atoms with E-state index in [4.69, 9.17) is 10.2 Å². The minimum atomic E-state index is -1.43. The van der Waals surface area contributed by atoms with Crippen LogP contribution in [-0.2, 0) is 14.4 Å². The molecule has 0 aliphatic heterocycles. The van der Waals surface area contributed by atoms with Gasteiger partial charge in [0.2, 0.25) is 0 Å². The number of carboxylic acid groups (broad SMARTS) is 3. The number of hydrogen-bond donors (Lipinski definition) is 2. The summed E-state index contributed by atoms with van der Waals surface area (Å²) in [4.78, 5) is 33.1. The van der Waals surface area contributed by atoms with Gasteiger partial charge in [-0.2, -0.15) is 0 Å². The van der Waals surface area contributed by atoms with Crippen LogP contribution in [0.2, 0.25) is 0 Å². The molecule has 0 aliphatic rings. The average Bonchev–Trinajstić information content (AvgIpc) is 2.50. The van der Waals surface area contributed by atoms with Crippen LogP contribution in [0.15, 0.2) is 12.2 Å². The minimum Gasteiger partial charge on any atom is -0.544 e. The molecule has 0 aromatic carbocycles. The summed E-state index contributed by atoms with van der Waals surface area (Å²) in [6, 6.07) is 0. The van der Waals surface area contributed by atoms with E-state index in [1.165, 1.54) is 12.8 Å². The van der Waals surface area contributed by atoms with Crippen molar-refractivity contribution in [3.8, 4) is 0 Å². The van der Waals surface area contributed by atoms with Crippen LogP contribution in [-0.4, -0.2) is 58.8 Å². The molecule has 0 aliphatic carbocycles. The lowest BCUT2D eigenvalue weighted by Crippen LogP contribution is -2.59. The van der Waals surface area contributed by atoms with E-state index in [-0.39, 0.29) is 6.54 Å². The minimum absolute atomic E-state index is 0.217. The van der Waals surface area contributed by atoms with Crippen molar-refractivity contribution in [3.63, 3.8) is 0 Å². The molecule has 2 N–H and O–H groups in total. The molecule has 7 heteroatoms. The van der Waals surface area contributed by atoms with Crippen molar-refractivity contribution in [2.24, 2.45) is 0 Å². The summed E-state index contributed by atoms with van der Waals surface area (Å²) < 4.78 is -0.503. The molecule has 0 bridgehead atoms. The Labute approximate surface area is 155 Å². The lowest BCUT2D eigenvalue weighted by Gasteiger charge is -2.36. The molecule has 0 unspecified atom stereocenters. The van der Waals surface area contributed by atoms with E-state index >= 15 is 0 Å². The molecule has 0 spiro atoms. The number of carboxylic acids is 3. The molecule has 0 aromatic heterocycles. The van der Waals surface area contributed by atoms with Crippen LogP contribution in [0.4, 0.5) is 0 Å². The molecule has 0 saturated carbocycles. The first-order chi connectivity index (χ1) is 12.3. The quantitative estimate of drug-likeness (QED) is 0.229. The molecule has 0 heterocycles. The van der Waals surface area contributed by atoms with Gasteiger partial charge in [0.15, 0.2) is 13.1 Å². The molecule has 26 heavy (non-hydrogen) atoms. The van der Waals surface area contributed by atoms with Gasteiger partial charge in [0.25, 0.3) is 0 Å². The Morgan fingerprint density at radius 2 is 1.31 bits per heavy atom. The van der Waals surface area contributed by atoms with Crippen LogP contribution >= 0.6 is 0 Å². The molecule has 0 amide bonds. The Morgan fingerprint density at radius 3 is 1.77 bits per heavy atom. The number of aliphatic carboxylic acids is 3. The average molecular weight is 371 g/mol. The number of quaternary nitrogens is 1. The predicted molar refractivity (Wildman–Crippen MR) is 96.4 cm³/mol. The maximum absolute atomic E-state index is 11.1. The van der Waals surface area contributed by atoms with E-state index in [9.17, 15) is 19.5 Å². The van der Waals surface area contributed by atoms with Crippen molar-refractivity contribution in [2.75, 3.05) is 26.2 Å². The third-order valence-corrected chi connectivity index (χ3v) is 4.31. The van der Waals surface area contributed by atoms with Crippen molar-refractivity contribution in [3.05, 3.63) is 12.2 Å². The lowest BCUT2D eigenvalue weighted by molar-refractivity contribution is -0.909. The number of allylic oxidation sites excluding steroid dienone is 2. The van der Waals surface area contributed by atoms with Crippen molar-refractivity contribution in [1.82, 2.24) is 0 Å². The first-order valence-corrected chi connectivity index (χ1v) is 9.45. The number of carbonyl (C=O) groups is 3.